The summed E-state index contributed by atoms with van der Waals surface area (Å²) in [6.07, 6.45) is 3.57. The van der Waals surface area contributed by atoms with Crippen molar-refractivity contribution < 1.29 is 4.39 Å². The molecular weight excluding hydrogens is 273 g/mol. The molecule has 104 valence electrons. The lowest BCUT2D eigenvalue weighted by Crippen LogP contribution is -2.21. The molecule has 2 aromatic rings. The van der Waals surface area contributed by atoms with Gasteiger partial charge in [0.1, 0.15) is 10.8 Å². The maximum atomic E-state index is 13.3. The highest BCUT2D eigenvalue weighted by Crippen LogP contribution is 2.14. The molecule has 0 amide bonds. The topological polar surface area (TPSA) is 42.2 Å². The fourth-order valence-electron chi connectivity index (χ4n) is 2.07. The van der Waals surface area contributed by atoms with Crippen LogP contribution in [-0.2, 0) is 13.1 Å². The molecule has 0 atom stereocenters. The van der Waals surface area contributed by atoms with Crippen molar-refractivity contribution in [1.82, 2.24) is 9.88 Å². The monoisotopic (exact) mass is 289 g/mol. The van der Waals surface area contributed by atoms with Gasteiger partial charge in [0.05, 0.1) is 0 Å². The Morgan fingerprint density at radius 2 is 2.15 bits per heavy atom. The molecule has 0 aliphatic rings. The number of aromatic nitrogens is 1. The molecule has 0 radical (unpaired) electrons. The van der Waals surface area contributed by atoms with Gasteiger partial charge in [-0.3, -0.25) is 9.88 Å². The molecular formula is C15H16FN3S. The Labute approximate surface area is 123 Å². The first-order valence-electron chi connectivity index (χ1n) is 6.22. The van der Waals surface area contributed by atoms with E-state index in [9.17, 15) is 4.39 Å². The third kappa shape index (κ3) is 3.82. The largest absolute Gasteiger partial charge is 0.389 e. The quantitative estimate of drug-likeness (QED) is 0.859. The van der Waals surface area contributed by atoms with Crippen LogP contribution in [0.4, 0.5) is 4.39 Å². The molecule has 0 spiro atoms. The van der Waals surface area contributed by atoms with E-state index in [0.717, 1.165) is 17.7 Å². The number of halogens is 1. The van der Waals surface area contributed by atoms with Crippen LogP contribution < -0.4 is 5.73 Å². The maximum Gasteiger partial charge on any atom is 0.123 e. The van der Waals surface area contributed by atoms with E-state index in [1.165, 1.54) is 12.1 Å². The Balaban J connectivity index is 2.11. The average Bonchev–Trinajstić information content (AvgIpc) is 2.41. The molecule has 0 aliphatic heterocycles. The zero-order valence-corrected chi connectivity index (χ0v) is 12.0. The Morgan fingerprint density at radius 1 is 1.35 bits per heavy atom. The molecule has 0 fully saturated rings. The molecule has 1 heterocycles. The Kier molecular flexibility index (Phi) is 4.76. The molecule has 5 heteroatoms. The van der Waals surface area contributed by atoms with Gasteiger partial charge in [-0.2, -0.15) is 0 Å². The summed E-state index contributed by atoms with van der Waals surface area (Å²) in [4.78, 5) is 6.41. The Morgan fingerprint density at radius 3 is 2.80 bits per heavy atom. The smallest absolute Gasteiger partial charge is 0.123 e. The lowest BCUT2D eigenvalue weighted by Gasteiger charge is -2.18. The number of nitrogens with zero attached hydrogens (tertiary/aromatic N) is 2. The molecule has 0 bridgehead atoms. The minimum absolute atomic E-state index is 0.217. The number of hydrogen-bond acceptors (Lipinski definition) is 3. The number of rotatable bonds is 5. The van der Waals surface area contributed by atoms with E-state index in [0.29, 0.717) is 12.1 Å². The third-order valence-corrected chi connectivity index (χ3v) is 3.17. The predicted octanol–water partition coefficient (Wildman–Crippen LogP) is 2.49. The summed E-state index contributed by atoms with van der Waals surface area (Å²) in [5, 5.41) is 0. The lowest BCUT2D eigenvalue weighted by molar-refractivity contribution is 0.318. The van der Waals surface area contributed by atoms with E-state index in [1.807, 2.05) is 25.4 Å². The van der Waals surface area contributed by atoms with Gasteiger partial charge in [0, 0.05) is 31.0 Å². The Bertz CT molecular complexity index is 601. The van der Waals surface area contributed by atoms with Crippen molar-refractivity contribution in [3.8, 4) is 0 Å². The van der Waals surface area contributed by atoms with Crippen LogP contribution in [0, 0.1) is 5.82 Å². The highest BCUT2D eigenvalue weighted by atomic mass is 32.1. The van der Waals surface area contributed by atoms with Gasteiger partial charge >= 0.3 is 0 Å². The van der Waals surface area contributed by atoms with Gasteiger partial charge in [0.25, 0.3) is 0 Å². The minimum Gasteiger partial charge on any atom is -0.389 e. The zero-order chi connectivity index (χ0) is 14.5. The number of thiocarbonyl (C=S) groups is 1. The summed E-state index contributed by atoms with van der Waals surface area (Å²) in [6.45, 7) is 1.39. The molecule has 1 aromatic carbocycles. The maximum absolute atomic E-state index is 13.3. The Hall–Kier alpha value is -1.85. The van der Waals surface area contributed by atoms with Crippen molar-refractivity contribution in [3.05, 3.63) is 65.2 Å². The van der Waals surface area contributed by atoms with Gasteiger partial charge in [-0.25, -0.2) is 4.39 Å². The number of benzene rings is 1. The van der Waals surface area contributed by atoms with Crippen LogP contribution in [0.15, 0.2) is 42.7 Å². The van der Waals surface area contributed by atoms with Gasteiger partial charge in [-0.05, 0) is 36.4 Å². The number of nitrogens with two attached hydrogens (primary N) is 1. The summed E-state index contributed by atoms with van der Waals surface area (Å²) < 4.78 is 13.3. The fourth-order valence-corrected chi connectivity index (χ4v) is 2.26. The van der Waals surface area contributed by atoms with Gasteiger partial charge < -0.3 is 5.73 Å². The van der Waals surface area contributed by atoms with Crippen LogP contribution in [0.1, 0.15) is 16.7 Å². The second-order valence-corrected chi connectivity index (χ2v) is 5.14. The summed E-state index contributed by atoms with van der Waals surface area (Å²) in [6, 6.07) is 8.46. The summed E-state index contributed by atoms with van der Waals surface area (Å²) in [7, 11) is 1.99. The van der Waals surface area contributed by atoms with Crippen molar-refractivity contribution in [2.45, 2.75) is 13.1 Å². The minimum atomic E-state index is -0.327. The van der Waals surface area contributed by atoms with Crippen molar-refractivity contribution in [2.75, 3.05) is 7.05 Å². The van der Waals surface area contributed by atoms with Crippen LogP contribution >= 0.6 is 12.2 Å². The van der Waals surface area contributed by atoms with Crippen molar-refractivity contribution in [3.63, 3.8) is 0 Å². The first-order chi connectivity index (χ1) is 9.56. The first-order valence-corrected chi connectivity index (χ1v) is 6.63. The van der Waals surface area contributed by atoms with Crippen molar-refractivity contribution in [2.24, 2.45) is 5.73 Å². The van der Waals surface area contributed by atoms with Crippen molar-refractivity contribution in [1.29, 1.82) is 0 Å². The molecule has 0 saturated heterocycles. The van der Waals surface area contributed by atoms with Crippen LogP contribution in [-0.4, -0.2) is 21.9 Å². The highest BCUT2D eigenvalue weighted by Gasteiger charge is 2.09. The molecule has 3 nitrogen and oxygen atoms in total. The van der Waals surface area contributed by atoms with E-state index in [-0.39, 0.29) is 10.8 Å². The fraction of sp³-hybridized carbons (Fsp3) is 0.200. The first kappa shape index (κ1) is 14.6. The van der Waals surface area contributed by atoms with E-state index in [4.69, 9.17) is 18.0 Å². The molecule has 2 rings (SSSR count). The molecule has 0 aliphatic carbocycles. The normalized spacial score (nSPS) is 10.8. The average molecular weight is 289 g/mol. The van der Waals surface area contributed by atoms with Crippen LogP contribution in [0.3, 0.4) is 0 Å². The third-order valence-electron chi connectivity index (χ3n) is 2.95. The molecule has 0 saturated carbocycles. The second kappa shape index (κ2) is 6.54. The van der Waals surface area contributed by atoms with E-state index >= 15 is 0 Å². The van der Waals surface area contributed by atoms with E-state index in [2.05, 4.69) is 9.88 Å². The molecule has 1 aromatic heterocycles. The lowest BCUT2D eigenvalue weighted by atomic mass is 10.1. The number of pyridine rings is 1. The summed E-state index contributed by atoms with van der Waals surface area (Å²) >= 11 is 4.97. The van der Waals surface area contributed by atoms with E-state index in [1.54, 1.807) is 12.3 Å². The SMILES string of the molecule is CN(Cc1cccnc1)Cc1ccc(F)cc1C(N)=S. The van der Waals surface area contributed by atoms with Gasteiger partial charge in [-0.1, -0.05) is 24.4 Å². The van der Waals surface area contributed by atoms with Gasteiger partial charge in [-0.15, -0.1) is 0 Å². The van der Waals surface area contributed by atoms with Gasteiger partial charge in [0.15, 0.2) is 0 Å². The molecule has 20 heavy (non-hydrogen) atoms. The second-order valence-electron chi connectivity index (χ2n) is 4.70. The van der Waals surface area contributed by atoms with E-state index < -0.39 is 0 Å². The predicted molar refractivity (Wildman–Crippen MR) is 81.7 cm³/mol. The van der Waals surface area contributed by atoms with Crippen molar-refractivity contribution >= 4 is 17.2 Å². The van der Waals surface area contributed by atoms with Crippen LogP contribution in [0.25, 0.3) is 0 Å². The summed E-state index contributed by atoms with van der Waals surface area (Å²) in [5.74, 6) is -0.327. The molecule has 0 unspecified atom stereocenters. The zero-order valence-electron chi connectivity index (χ0n) is 11.2. The molecule has 2 N–H and O–H groups in total. The number of hydrogen-bond donors (Lipinski definition) is 1. The van der Waals surface area contributed by atoms with Crippen LogP contribution in [0.2, 0.25) is 0 Å². The highest BCUT2D eigenvalue weighted by molar-refractivity contribution is 7.80. The summed E-state index contributed by atoms with van der Waals surface area (Å²) in [5.41, 5.74) is 8.28. The van der Waals surface area contributed by atoms with Crippen LogP contribution in [0.5, 0.6) is 0 Å². The standard InChI is InChI=1S/C15H16FN3S/c1-19(9-11-3-2-6-18-8-11)10-12-4-5-13(16)7-14(12)15(17)20/h2-8H,9-10H2,1H3,(H2,17,20). The van der Waals surface area contributed by atoms with Gasteiger partial charge in [0.2, 0.25) is 0 Å².